The summed E-state index contributed by atoms with van der Waals surface area (Å²) < 4.78 is 3.13. The van der Waals surface area contributed by atoms with Gasteiger partial charge in [-0.25, -0.2) is 0 Å². The first kappa shape index (κ1) is 36.5. The second-order valence-corrected chi connectivity index (χ2v) is 19.0. The van der Waals surface area contributed by atoms with Crippen LogP contribution < -0.4 is 3.58 Å². The van der Waals surface area contributed by atoms with Crippen molar-refractivity contribution in [2.45, 2.75) is 132 Å². The molecule has 0 N–H and O–H groups in total. The van der Waals surface area contributed by atoms with E-state index in [1.54, 1.807) is 3.58 Å². The van der Waals surface area contributed by atoms with Crippen molar-refractivity contribution in [2.75, 3.05) is 14.1 Å². The van der Waals surface area contributed by atoms with E-state index in [9.17, 15) is 0 Å². The minimum absolute atomic E-state index is 0.437. The molecule has 0 atom stereocenters. The summed E-state index contributed by atoms with van der Waals surface area (Å²) in [7, 11) is 4.57. The van der Waals surface area contributed by atoms with Crippen molar-refractivity contribution in [3.8, 4) is 22.3 Å². The van der Waals surface area contributed by atoms with E-state index in [1.807, 2.05) is 0 Å². The molecule has 0 saturated heterocycles. The fourth-order valence-electron chi connectivity index (χ4n) is 6.94. The first-order chi connectivity index (χ1) is 21.5. The van der Waals surface area contributed by atoms with Gasteiger partial charge in [0.2, 0.25) is 0 Å². The van der Waals surface area contributed by atoms with Crippen molar-refractivity contribution in [1.29, 1.82) is 0 Å². The molecule has 4 rings (SSSR count). The zero-order chi connectivity index (χ0) is 34.4. The van der Waals surface area contributed by atoms with Gasteiger partial charge in [0.05, 0.1) is 0 Å². The molecule has 0 spiro atoms. The SMILES string of the molecule is CC1=C(C)N(C)[C](=[Sn][c]2c(-c3c(C(C)C)cc(C(C)C)cc3C(C)C)cccc2-c2c(C(C)C)cc(C(C)C)cc2C(C)C)N1C. The molecule has 0 aromatic heterocycles. The number of nitrogens with zero attached hydrogens (tertiary/aromatic N) is 2. The molecule has 3 aromatic rings. The Labute approximate surface area is 292 Å². The summed E-state index contributed by atoms with van der Waals surface area (Å²) in [5, 5.41) is 0. The molecule has 0 saturated carbocycles. The molecule has 3 heteroatoms. The normalized spacial score (nSPS) is 14.2. The predicted octanol–water partition coefficient (Wildman–Crippen LogP) is 11.3. The second-order valence-electron chi connectivity index (χ2n) is 15.5. The minimum atomic E-state index is -1.33. The standard InChI is InChI=1S/C36H49.C7H12N2.Sn/c1-21(2)29-17-31(23(5)6)35(32(18-29)24(7)8)27-14-13-15-28(16-27)36-33(25(9)10)19-30(22(3)4)20-34(36)26(11)12;1-6-7(2)9(4)5-8(6)3;/h13-15,17-26H,1-12H3;1-4H3;. The molecule has 1 radical (unpaired) electrons. The van der Waals surface area contributed by atoms with Crippen LogP contribution in [0.3, 0.4) is 0 Å². The molecular formula is C43H61N2Sn. The van der Waals surface area contributed by atoms with Crippen LogP contribution in [0.25, 0.3) is 22.3 Å². The van der Waals surface area contributed by atoms with E-state index in [1.165, 1.54) is 70.8 Å². The summed E-state index contributed by atoms with van der Waals surface area (Å²) in [6, 6.07) is 17.4. The fraction of sp³-hybridized carbons (Fsp3) is 0.512. The zero-order valence-corrected chi connectivity index (χ0v) is 34.8. The first-order valence-corrected chi connectivity index (χ1v) is 20.6. The van der Waals surface area contributed by atoms with Crippen LogP contribution >= 0.6 is 0 Å². The molecule has 2 nitrogen and oxygen atoms in total. The molecular weight excluding hydrogens is 663 g/mol. The van der Waals surface area contributed by atoms with Crippen LogP contribution in [0.4, 0.5) is 0 Å². The summed E-state index contributed by atoms with van der Waals surface area (Å²) in [5.41, 5.74) is 17.6. The maximum absolute atomic E-state index is 2.53. The third-order valence-corrected chi connectivity index (χ3v) is 15.1. The van der Waals surface area contributed by atoms with Gasteiger partial charge in [0.15, 0.2) is 0 Å². The average Bonchev–Trinajstić information content (AvgIpc) is 3.17. The third-order valence-electron chi connectivity index (χ3n) is 10.3. The summed E-state index contributed by atoms with van der Waals surface area (Å²) in [6.45, 7) is 33.0. The van der Waals surface area contributed by atoms with Crippen molar-refractivity contribution < 1.29 is 0 Å². The monoisotopic (exact) mass is 725 g/mol. The number of allylic oxidation sites excluding steroid dienone is 2. The van der Waals surface area contributed by atoms with Gasteiger partial charge in [-0.2, -0.15) is 0 Å². The number of benzene rings is 3. The van der Waals surface area contributed by atoms with Gasteiger partial charge in [0.25, 0.3) is 0 Å². The number of hydrogen-bond acceptors (Lipinski definition) is 2. The van der Waals surface area contributed by atoms with Crippen molar-refractivity contribution in [2.24, 2.45) is 0 Å². The van der Waals surface area contributed by atoms with Gasteiger partial charge in [-0.1, -0.05) is 0 Å². The van der Waals surface area contributed by atoms with Gasteiger partial charge < -0.3 is 0 Å². The van der Waals surface area contributed by atoms with Crippen LogP contribution in [-0.2, 0) is 0 Å². The second kappa shape index (κ2) is 14.4. The van der Waals surface area contributed by atoms with Crippen LogP contribution in [0.2, 0.25) is 0 Å². The summed E-state index contributed by atoms with van der Waals surface area (Å²) in [6.07, 6.45) is 0. The summed E-state index contributed by atoms with van der Waals surface area (Å²) >= 11 is -1.33. The molecule has 0 aliphatic carbocycles. The van der Waals surface area contributed by atoms with Gasteiger partial charge in [-0.05, 0) is 0 Å². The maximum atomic E-state index is 2.53. The Balaban J connectivity index is 2.25. The van der Waals surface area contributed by atoms with Crippen molar-refractivity contribution in [3.63, 3.8) is 0 Å². The summed E-state index contributed by atoms with van der Waals surface area (Å²) in [4.78, 5) is 4.98. The van der Waals surface area contributed by atoms with Crippen LogP contribution in [-0.4, -0.2) is 48.3 Å². The van der Waals surface area contributed by atoms with Gasteiger partial charge in [0.1, 0.15) is 0 Å². The Bertz CT molecular complexity index is 1480. The number of rotatable bonds is 9. The molecule has 1 aliphatic heterocycles. The Morgan fingerprint density at radius 3 is 1.04 bits per heavy atom. The molecule has 1 aliphatic rings. The topological polar surface area (TPSA) is 6.48 Å². The van der Waals surface area contributed by atoms with E-state index in [-0.39, 0.29) is 0 Å². The van der Waals surface area contributed by atoms with E-state index in [0.29, 0.717) is 35.5 Å². The van der Waals surface area contributed by atoms with E-state index >= 15 is 0 Å². The molecule has 1 heterocycles. The molecule has 0 bridgehead atoms. The quantitative estimate of drug-likeness (QED) is 0.203. The van der Waals surface area contributed by atoms with Gasteiger partial charge in [0, 0.05) is 0 Å². The Morgan fingerprint density at radius 1 is 0.478 bits per heavy atom. The molecule has 0 unspecified atom stereocenters. The van der Waals surface area contributed by atoms with Gasteiger partial charge in [-0.15, -0.1) is 0 Å². The van der Waals surface area contributed by atoms with Crippen molar-refractivity contribution in [1.82, 2.24) is 9.80 Å². The van der Waals surface area contributed by atoms with Crippen LogP contribution in [0, 0.1) is 0 Å². The number of hydrogen-bond donors (Lipinski definition) is 0. The van der Waals surface area contributed by atoms with E-state index in [4.69, 9.17) is 0 Å². The fourth-order valence-corrected chi connectivity index (χ4v) is 11.5. The first-order valence-electron chi connectivity index (χ1n) is 17.8. The third kappa shape index (κ3) is 6.94. The van der Waals surface area contributed by atoms with E-state index in [2.05, 4.69) is 163 Å². The van der Waals surface area contributed by atoms with Gasteiger partial charge in [-0.3, -0.25) is 0 Å². The Kier molecular flexibility index (Phi) is 11.4. The summed E-state index contributed by atoms with van der Waals surface area (Å²) in [5.74, 6) is 2.75. The molecule has 3 aromatic carbocycles. The van der Waals surface area contributed by atoms with Crippen LogP contribution in [0.1, 0.15) is 166 Å². The average molecular weight is 725 g/mol. The zero-order valence-electron chi connectivity index (χ0n) is 31.9. The van der Waals surface area contributed by atoms with E-state index in [0.717, 1.165) is 0 Å². The molecule has 46 heavy (non-hydrogen) atoms. The molecule has 0 amide bonds. The Morgan fingerprint density at radius 2 is 0.783 bits per heavy atom. The van der Waals surface area contributed by atoms with Crippen molar-refractivity contribution in [3.05, 3.63) is 87.2 Å². The predicted molar refractivity (Wildman–Crippen MR) is 206 cm³/mol. The van der Waals surface area contributed by atoms with Crippen molar-refractivity contribution >= 4 is 28.0 Å². The van der Waals surface area contributed by atoms with Crippen LogP contribution in [0.15, 0.2) is 53.9 Å². The molecule has 0 fully saturated rings. The molecule has 247 valence electrons. The Hall–Kier alpha value is -2.33. The van der Waals surface area contributed by atoms with E-state index < -0.39 is 20.7 Å². The van der Waals surface area contributed by atoms with Crippen LogP contribution in [0.5, 0.6) is 0 Å². The van der Waals surface area contributed by atoms with Gasteiger partial charge >= 0.3 is 294 Å².